The summed E-state index contributed by atoms with van der Waals surface area (Å²) in [5.74, 6) is -0.754. The van der Waals surface area contributed by atoms with Crippen LogP contribution in [0.3, 0.4) is 0 Å². The van der Waals surface area contributed by atoms with Gasteiger partial charge in [-0.25, -0.2) is 22.6 Å². The Morgan fingerprint density at radius 3 is 2.38 bits per heavy atom. The molecule has 0 fully saturated rings. The van der Waals surface area contributed by atoms with Crippen LogP contribution < -0.4 is 4.72 Å². The molecule has 1 N–H and O–H groups in total. The molecule has 0 aliphatic carbocycles. The monoisotopic (exact) mass is 656 g/mol. The molecule has 0 aliphatic rings. The van der Waals surface area contributed by atoms with E-state index in [0.29, 0.717) is 24.8 Å². The van der Waals surface area contributed by atoms with E-state index in [1.807, 2.05) is 11.6 Å². The summed E-state index contributed by atoms with van der Waals surface area (Å²) in [6, 6.07) is 12.7. The molecule has 45 heavy (non-hydrogen) atoms. The summed E-state index contributed by atoms with van der Waals surface area (Å²) in [6.45, 7) is 1.45. The van der Waals surface area contributed by atoms with Crippen LogP contribution >= 0.6 is 0 Å². The Hall–Kier alpha value is -4.87. The van der Waals surface area contributed by atoms with Gasteiger partial charge in [0, 0.05) is 12.0 Å². The highest BCUT2D eigenvalue weighted by molar-refractivity contribution is 7.90. The van der Waals surface area contributed by atoms with Crippen molar-refractivity contribution < 1.29 is 50.5 Å². The third-order valence-electron chi connectivity index (χ3n) is 6.19. The third-order valence-corrected chi connectivity index (χ3v) is 7.58. The van der Waals surface area contributed by atoms with Gasteiger partial charge in [-0.15, -0.1) is 5.01 Å². The van der Waals surface area contributed by atoms with Crippen LogP contribution in [0, 0.1) is 12.1 Å². The molecular formula is C27H31F3N6O8S. The van der Waals surface area contributed by atoms with Gasteiger partial charge in [-0.05, 0) is 50.1 Å². The predicted molar refractivity (Wildman–Crippen MR) is 151 cm³/mol. The first-order valence-electron chi connectivity index (χ1n) is 13.3. The van der Waals surface area contributed by atoms with Crippen LogP contribution in [0.1, 0.15) is 36.9 Å². The molecule has 0 bridgehead atoms. The average Bonchev–Trinajstić information content (AvgIpc) is 3.45. The van der Waals surface area contributed by atoms with Crippen molar-refractivity contribution >= 4 is 22.1 Å². The smallest absolute Gasteiger partial charge is 0.510 e. The lowest BCUT2D eigenvalue weighted by atomic mass is 10.1. The molecule has 3 aromatic rings. The molecule has 0 saturated carbocycles. The lowest BCUT2D eigenvalue weighted by Crippen LogP contribution is -2.30. The van der Waals surface area contributed by atoms with Gasteiger partial charge in [-0.3, -0.25) is 4.79 Å². The number of aryl methyl sites for hydroxylation is 1. The lowest BCUT2D eigenvalue weighted by Gasteiger charge is -2.12. The summed E-state index contributed by atoms with van der Waals surface area (Å²) in [7, 11) is -1.73. The summed E-state index contributed by atoms with van der Waals surface area (Å²) in [5.41, 5.74) is 0.637. The number of rotatable bonds is 14. The van der Waals surface area contributed by atoms with Gasteiger partial charge in [0.25, 0.3) is 16.8 Å². The Bertz CT molecular complexity index is 1590. The maximum atomic E-state index is 13.5. The van der Waals surface area contributed by atoms with E-state index in [1.54, 1.807) is 24.3 Å². The zero-order valence-corrected chi connectivity index (χ0v) is 25.3. The second-order valence-corrected chi connectivity index (χ2v) is 11.3. The van der Waals surface area contributed by atoms with E-state index >= 15 is 0 Å². The number of carbonyl (C=O) groups is 2. The largest absolute Gasteiger partial charge is 0.569 e. The summed E-state index contributed by atoms with van der Waals surface area (Å²) >= 11 is 0. The Morgan fingerprint density at radius 1 is 1.09 bits per heavy atom. The van der Waals surface area contributed by atoms with Gasteiger partial charge in [0.15, 0.2) is 5.69 Å². The number of nitrogens with zero attached hydrogens (tertiary/aromatic N) is 5. The lowest BCUT2D eigenvalue weighted by molar-refractivity contribution is -0.706. The van der Waals surface area contributed by atoms with Crippen LogP contribution in [0.25, 0.3) is 16.9 Å². The minimum absolute atomic E-state index is 0.117. The summed E-state index contributed by atoms with van der Waals surface area (Å²) in [4.78, 5) is 27.5. The van der Waals surface area contributed by atoms with Gasteiger partial charge in [0.05, 0.1) is 41.9 Å². The molecule has 2 aromatic carbocycles. The molecule has 0 unspecified atom stereocenters. The van der Waals surface area contributed by atoms with E-state index in [1.165, 1.54) is 31.3 Å². The number of alkyl halides is 3. The number of ether oxygens (including phenoxy) is 2. The number of amides is 1. The number of nitrogens with one attached hydrogen (secondary N) is 1. The number of hydrogen-bond donors (Lipinski definition) is 1. The van der Waals surface area contributed by atoms with E-state index in [2.05, 4.69) is 24.7 Å². The van der Waals surface area contributed by atoms with Crippen LogP contribution in [-0.2, 0) is 35.3 Å². The van der Waals surface area contributed by atoms with E-state index < -0.39 is 40.7 Å². The minimum atomic E-state index is -4.70. The van der Waals surface area contributed by atoms with Crippen molar-refractivity contribution in [3.05, 3.63) is 71.1 Å². The highest BCUT2D eigenvalue weighted by Crippen LogP contribution is 2.33. The maximum Gasteiger partial charge on any atom is 0.510 e. The van der Waals surface area contributed by atoms with Gasteiger partial charge >= 0.3 is 12.3 Å². The Labute approximate surface area is 256 Å². The van der Waals surface area contributed by atoms with Crippen LogP contribution in [0.4, 0.5) is 18.0 Å². The molecule has 18 heteroatoms. The second kappa shape index (κ2) is 15.2. The zero-order chi connectivity index (χ0) is 33.2. The predicted octanol–water partition coefficient (Wildman–Crippen LogP) is 4.71. The van der Waals surface area contributed by atoms with Crippen LogP contribution in [0.2, 0.25) is 0 Å². The van der Waals surface area contributed by atoms with Crippen LogP contribution in [-0.4, -0.2) is 67.7 Å². The normalized spacial score (nSPS) is 12.0. The van der Waals surface area contributed by atoms with Crippen molar-refractivity contribution in [2.45, 2.75) is 43.7 Å². The van der Waals surface area contributed by atoms with Gasteiger partial charge in [-0.1, -0.05) is 36.2 Å². The van der Waals surface area contributed by atoms with E-state index in [0.717, 1.165) is 28.4 Å². The number of unbranched alkanes of at least 4 members (excludes halogenated alkanes) is 2. The molecule has 14 nitrogen and oxygen atoms in total. The second-order valence-electron chi connectivity index (χ2n) is 9.58. The highest BCUT2D eigenvalue weighted by Gasteiger charge is 2.35. The van der Waals surface area contributed by atoms with Crippen LogP contribution in [0.15, 0.2) is 64.8 Å². The summed E-state index contributed by atoms with van der Waals surface area (Å²) in [6.07, 6.45) is -4.57. The molecule has 0 spiro atoms. The van der Waals surface area contributed by atoms with Crippen molar-refractivity contribution in [1.82, 2.24) is 19.5 Å². The molecule has 0 atom stereocenters. The number of aromatic nitrogens is 2. The first kappa shape index (κ1) is 34.6. The molecule has 0 radical (unpaired) electrons. The Morgan fingerprint density at radius 2 is 1.76 bits per heavy atom. The van der Waals surface area contributed by atoms with Crippen molar-refractivity contribution in [3.63, 3.8) is 0 Å². The zero-order valence-electron chi connectivity index (χ0n) is 24.5. The number of carbonyl (C=O) groups excluding carboxylic acids is 2. The molecule has 1 aromatic heterocycles. The number of methoxy groups -OCH3 is 1. The molecule has 1 heterocycles. The summed E-state index contributed by atoms with van der Waals surface area (Å²) < 4.78 is 77.6. The van der Waals surface area contributed by atoms with Crippen molar-refractivity contribution in [2.75, 3.05) is 27.5 Å². The fourth-order valence-electron chi connectivity index (χ4n) is 3.83. The maximum absolute atomic E-state index is 13.5. The van der Waals surface area contributed by atoms with E-state index in [-0.39, 0.29) is 34.2 Å². The van der Waals surface area contributed by atoms with Gasteiger partial charge < -0.3 is 19.5 Å². The molecule has 0 aliphatic heterocycles. The number of halogens is 3. The standard InChI is InChI=1S/C27H31F3N6O8S/c1-19-8-10-20(11-9-19)23-17-24(27(28,29)30)31-35(23)21-12-14-22(15-13-21)45(40,41)32-25(37)7-5-4-6-16-34(2)36(39)33-44-18-43-26(38)42-3/h8-15,17H,4-7,16,18H2,1-3H3,(H,32,37)/b36-33-. The van der Waals surface area contributed by atoms with Crippen LogP contribution in [0.5, 0.6) is 0 Å². The number of hydrazine groups is 1. The Kier molecular flexibility index (Phi) is 11.7. The first-order chi connectivity index (χ1) is 21.2. The summed E-state index contributed by atoms with van der Waals surface area (Å²) in [5, 5.41) is 19.8. The number of benzene rings is 2. The molecular weight excluding hydrogens is 625 g/mol. The quantitative estimate of drug-likeness (QED) is 0.0641. The van der Waals surface area contributed by atoms with Crippen molar-refractivity contribution in [1.29, 1.82) is 0 Å². The Balaban J connectivity index is 1.54. The van der Waals surface area contributed by atoms with Crippen molar-refractivity contribution in [3.8, 4) is 16.9 Å². The molecule has 244 valence electrons. The number of hydrogen-bond acceptors (Lipinski definition) is 10. The molecule has 0 saturated heterocycles. The SMILES string of the molecule is COC(=O)OCO/N=[N+](\[O-])N(C)CCCCCC(=O)NS(=O)(=O)c1ccc(-n2nc(C(F)(F)F)cc2-c2ccc(C)cc2)cc1. The van der Waals surface area contributed by atoms with Gasteiger partial charge in [0.2, 0.25) is 11.2 Å². The van der Waals surface area contributed by atoms with E-state index in [9.17, 15) is 36.4 Å². The molecule has 1 amide bonds. The fourth-order valence-corrected chi connectivity index (χ4v) is 4.84. The van der Waals surface area contributed by atoms with Gasteiger partial charge in [0.1, 0.15) is 0 Å². The average molecular weight is 657 g/mol. The third kappa shape index (κ3) is 10.1. The van der Waals surface area contributed by atoms with Gasteiger partial charge in [-0.2, -0.15) is 18.3 Å². The topological polar surface area (TPSA) is 167 Å². The first-order valence-corrected chi connectivity index (χ1v) is 14.8. The van der Waals surface area contributed by atoms with Crippen molar-refractivity contribution in [2.24, 2.45) is 5.28 Å². The van der Waals surface area contributed by atoms with E-state index in [4.69, 9.17) is 0 Å². The minimum Gasteiger partial charge on any atom is -0.569 e. The highest BCUT2D eigenvalue weighted by atomic mass is 32.2. The fraction of sp³-hybridized carbons (Fsp3) is 0.370. The number of sulfonamides is 1. The molecule has 3 rings (SSSR count).